The average Bonchev–Trinajstić information content (AvgIpc) is 2.66. The summed E-state index contributed by atoms with van der Waals surface area (Å²) in [6.07, 6.45) is 0.406. The van der Waals surface area contributed by atoms with Crippen molar-refractivity contribution < 1.29 is 18.3 Å². The Hall–Kier alpha value is -1.54. The topological polar surface area (TPSA) is 75.6 Å². The van der Waals surface area contributed by atoms with E-state index in [1.54, 1.807) is 18.9 Å². The predicted octanol–water partition coefficient (Wildman–Crippen LogP) is 2.29. The van der Waals surface area contributed by atoms with Crippen LogP contribution in [0.4, 0.5) is 0 Å². The van der Waals surface area contributed by atoms with E-state index in [4.69, 9.17) is 4.74 Å². The maximum absolute atomic E-state index is 12.4. The third-order valence-electron chi connectivity index (χ3n) is 4.52. The Kier molecular flexibility index (Phi) is 5.92. The molecule has 2 aromatic rings. The van der Waals surface area contributed by atoms with Gasteiger partial charge < -0.3 is 9.84 Å². The Morgan fingerprint density at radius 1 is 1.19 bits per heavy atom. The molecule has 1 heterocycles. The van der Waals surface area contributed by atoms with Crippen LogP contribution in [-0.2, 0) is 27.8 Å². The van der Waals surface area contributed by atoms with Crippen LogP contribution in [0.5, 0.6) is 5.75 Å². The van der Waals surface area contributed by atoms with Crippen molar-refractivity contribution in [2.75, 3.05) is 25.2 Å². The first kappa shape index (κ1) is 19.2. The number of methoxy groups -OCH3 is 1. The van der Waals surface area contributed by atoms with Crippen molar-refractivity contribution in [1.29, 1.82) is 0 Å². The predicted molar refractivity (Wildman–Crippen MR) is 105 cm³/mol. The van der Waals surface area contributed by atoms with Crippen molar-refractivity contribution in [1.82, 2.24) is 4.72 Å². The highest BCUT2D eigenvalue weighted by Crippen LogP contribution is 2.35. The van der Waals surface area contributed by atoms with E-state index in [0.717, 1.165) is 28.2 Å². The zero-order chi connectivity index (χ0) is 18.6. The lowest BCUT2D eigenvalue weighted by Crippen LogP contribution is -2.45. The zero-order valence-electron chi connectivity index (χ0n) is 14.6. The second-order valence-corrected chi connectivity index (χ2v) is 9.33. The van der Waals surface area contributed by atoms with Crippen LogP contribution in [0.3, 0.4) is 0 Å². The fourth-order valence-corrected chi connectivity index (χ4v) is 5.28. The molecule has 0 saturated heterocycles. The highest BCUT2D eigenvalue weighted by molar-refractivity contribution is 7.98. The van der Waals surface area contributed by atoms with Crippen LogP contribution in [0.2, 0.25) is 0 Å². The van der Waals surface area contributed by atoms with Crippen molar-refractivity contribution in [2.45, 2.75) is 17.8 Å². The molecule has 3 rings (SSSR count). The third kappa shape index (κ3) is 4.59. The summed E-state index contributed by atoms with van der Waals surface area (Å²) in [7, 11) is -1.89. The number of rotatable bonds is 7. The molecular weight excluding hydrogens is 370 g/mol. The van der Waals surface area contributed by atoms with Gasteiger partial charge in [-0.1, -0.05) is 36.4 Å². The van der Waals surface area contributed by atoms with Gasteiger partial charge in [0.05, 0.1) is 12.9 Å². The summed E-state index contributed by atoms with van der Waals surface area (Å²) in [4.78, 5) is 0. The van der Waals surface area contributed by atoms with Gasteiger partial charge in [-0.2, -0.15) is 11.8 Å². The van der Waals surface area contributed by atoms with Crippen molar-refractivity contribution in [3.63, 3.8) is 0 Å². The van der Waals surface area contributed by atoms with Gasteiger partial charge in [0.1, 0.15) is 11.4 Å². The lowest BCUT2D eigenvalue weighted by Gasteiger charge is -2.34. The molecule has 0 bridgehead atoms. The Morgan fingerprint density at radius 3 is 2.65 bits per heavy atom. The van der Waals surface area contributed by atoms with Gasteiger partial charge in [-0.15, -0.1) is 0 Å². The molecule has 1 atom stereocenters. The molecule has 7 heteroatoms. The molecule has 5 nitrogen and oxygen atoms in total. The first-order chi connectivity index (χ1) is 12.4. The fraction of sp³-hybridized carbons (Fsp3) is 0.368. The second kappa shape index (κ2) is 8.00. The molecule has 140 valence electrons. The molecule has 0 aromatic heterocycles. The average molecular weight is 394 g/mol. The Bertz CT molecular complexity index is 852. The molecule has 1 aliphatic rings. The van der Waals surface area contributed by atoms with Crippen molar-refractivity contribution in [3.8, 4) is 5.75 Å². The van der Waals surface area contributed by atoms with E-state index in [9.17, 15) is 13.5 Å². The summed E-state index contributed by atoms with van der Waals surface area (Å²) in [6.45, 7) is -0.0119. The molecule has 0 amide bonds. The number of ether oxygens (including phenoxy) is 1. The van der Waals surface area contributed by atoms with E-state index in [0.29, 0.717) is 12.2 Å². The van der Waals surface area contributed by atoms with Gasteiger partial charge in [-0.25, -0.2) is 13.1 Å². The van der Waals surface area contributed by atoms with E-state index in [-0.39, 0.29) is 12.3 Å². The number of nitrogens with one attached hydrogen (secondary N) is 1. The van der Waals surface area contributed by atoms with Gasteiger partial charge in [-0.05, 0) is 35.2 Å². The lowest BCUT2D eigenvalue weighted by molar-refractivity contribution is 0.0659. The van der Waals surface area contributed by atoms with Crippen LogP contribution in [-0.4, -0.2) is 38.7 Å². The molecule has 0 saturated carbocycles. The molecule has 26 heavy (non-hydrogen) atoms. The largest absolute Gasteiger partial charge is 0.497 e. The van der Waals surface area contributed by atoms with Crippen LogP contribution >= 0.6 is 11.8 Å². The minimum atomic E-state index is -3.49. The molecule has 0 spiro atoms. The number of thioether (sulfide) groups is 1. The Balaban J connectivity index is 1.61. The number of sulfonamides is 1. The SMILES string of the molecule is COc1ccc(CCS(=O)(=O)NCC2(O)CSCc3ccccc32)cc1. The zero-order valence-corrected chi connectivity index (χ0v) is 16.3. The summed E-state index contributed by atoms with van der Waals surface area (Å²) in [5.74, 6) is 2.03. The summed E-state index contributed by atoms with van der Waals surface area (Å²) >= 11 is 1.61. The quantitative estimate of drug-likeness (QED) is 0.755. The van der Waals surface area contributed by atoms with Crippen LogP contribution in [0.15, 0.2) is 48.5 Å². The van der Waals surface area contributed by atoms with Crippen LogP contribution < -0.4 is 9.46 Å². The third-order valence-corrected chi connectivity index (χ3v) is 7.04. The van der Waals surface area contributed by atoms with Crippen molar-refractivity contribution in [2.24, 2.45) is 0 Å². The maximum Gasteiger partial charge on any atom is 0.212 e. The summed E-state index contributed by atoms with van der Waals surface area (Å²) in [6, 6.07) is 15.0. The smallest absolute Gasteiger partial charge is 0.212 e. The van der Waals surface area contributed by atoms with Crippen molar-refractivity contribution >= 4 is 21.8 Å². The molecule has 2 aromatic carbocycles. The number of aryl methyl sites for hydroxylation is 1. The summed E-state index contributed by atoms with van der Waals surface area (Å²) < 4.78 is 32.4. The van der Waals surface area contributed by atoms with Crippen LogP contribution in [0, 0.1) is 0 Å². The number of aliphatic hydroxyl groups is 1. The standard InChI is InChI=1S/C19H23NO4S2/c1-24-17-8-6-15(7-9-17)10-11-26(22,23)20-13-19(21)14-25-12-16-4-2-3-5-18(16)19/h2-9,20-21H,10-14H2,1H3. The molecular formula is C19H23NO4S2. The molecule has 0 fully saturated rings. The van der Waals surface area contributed by atoms with Gasteiger partial charge in [0.25, 0.3) is 0 Å². The fourth-order valence-electron chi connectivity index (χ4n) is 3.00. The highest BCUT2D eigenvalue weighted by atomic mass is 32.2. The summed E-state index contributed by atoms with van der Waals surface area (Å²) in [5.41, 5.74) is 1.63. The Morgan fingerprint density at radius 2 is 1.92 bits per heavy atom. The van der Waals surface area contributed by atoms with E-state index < -0.39 is 15.6 Å². The van der Waals surface area contributed by atoms with Gasteiger partial charge >= 0.3 is 0 Å². The molecule has 1 unspecified atom stereocenters. The van der Waals surface area contributed by atoms with Crippen LogP contribution in [0.1, 0.15) is 16.7 Å². The van der Waals surface area contributed by atoms with Gasteiger partial charge in [0.15, 0.2) is 0 Å². The second-order valence-electron chi connectivity index (χ2n) is 6.42. The maximum atomic E-state index is 12.4. The molecule has 0 radical (unpaired) electrons. The number of hydrogen-bond donors (Lipinski definition) is 2. The minimum absolute atomic E-state index is 0.0119. The van der Waals surface area contributed by atoms with Crippen LogP contribution in [0.25, 0.3) is 0 Å². The van der Waals surface area contributed by atoms with Gasteiger partial charge in [0.2, 0.25) is 10.0 Å². The minimum Gasteiger partial charge on any atom is -0.497 e. The first-order valence-electron chi connectivity index (χ1n) is 8.41. The van der Waals surface area contributed by atoms with E-state index in [1.165, 1.54) is 0 Å². The normalized spacial score (nSPS) is 19.8. The number of benzene rings is 2. The molecule has 2 N–H and O–H groups in total. The monoisotopic (exact) mass is 393 g/mol. The van der Waals surface area contributed by atoms with Gasteiger partial charge in [0, 0.05) is 18.1 Å². The van der Waals surface area contributed by atoms with Crippen molar-refractivity contribution in [3.05, 3.63) is 65.2 Å². The number of fused-ring (bicyclic) bond motifs is 1. The first-order valence-corrected chi connectivity index (χ1v) is 11.2. The summed E-state index contributed by atoms with van der Waals surface area (Å²) in [5, 5.41) is 11.0. The van der Waals surface area contributed by atoms with E-state index in [2.05, 4.69) is 4.72 Å². The van der Waals surface area contributed by atoms with E-state index >= 15 is 0 Å². The Labute approximate surface area is 158 Å². The molecule has 0 aliphatic carbocycles. The van der Waals surface area contributed by atoms with E-state index in [1.807, 2.05) is 48.5 Å². The van der Waals surface area contributed by atoms with Gasteiger partial charge in [-0.3, -0.25) is 0 Å². The highest BCUT2D eigenvalue weighted by Gasteiger charge is 2.35. The molecule has 1 aliphatic heterocycles. The lowest BCUT2D eigenvalue weighted by atomic mass is 9.91. The number of hydrogen-bond acceptors (Lipinski definition) is 5.